The Bertz CT molecular complexity index is 456. The van der Waals surface area contributed by atoms with E-state index in [1.165, 1.54) is 31.2 Å². The van der Waals surface area contributed by atoms with Gasteiger partial charge in [0.2, 0.25) is 0 Å². The van der Waals surface area contributed by atoms with Crippen molar-refractivity contribution in [3.05, 3.63) is 22.2 Å². The molecular formula is C16H24BrNO2. The van der Waals surface area contributed by atoms with Crippen molar-refractivity contribution in [2.75, 3.05) is 20.8 Å². The molecule has 1 saturated carbocycles. The zero-order valence-electron chi connectivity index (χ0n) is 12.6. The normalized spacial score (nSPS) is 17.2. The van der Waals surface area contributed by atoms with Gasteiger partial charge in [-0.3, -0.25) is 0 Å². The van der Waals surface area contributed by atoms with E-state index in [2.05, 4.69) is 34.2 Å². The summed E-state index contributed by atoms with van der Waals surface area (Å²) in [4.78, 5) is 0. The summed E-state index contributed by atoms with van der Waals surface area (Å²) < 4.78 is 11.6. The molecular weight excluding hydrogens is 318 g/mol. The molecule has 2 rings (SSSR count). The van der Waals surface area contributed by atoms with Gasteiger partial charge in [0.15, 0.2) is 11.5 Å². The van der Waals surface area contributed by atoms with Gasteiger partial charge in [0.25, 0.3) is 0 Å². The van der Waals surface area contributed by atoms with Crippen LogP contribution in [0.15, 0.2) is 16.6 Å². The van der Waals surface area contributed by atoms with Gasteiger partial charge in [-0.2, -0.15) is 0 Å². The summed E-state index contributed by atoms with van der Waals surface area (Å²) in [6.45, 7) is 4.32. The fraction of sp³-hybridized carbons (Fsp3) is 0.625. The van der Waals surface area contributed by atoms with Crippen molar-refractivity contribution in [1.82, 2.24) is 5.32 Å². The Hall–Kier alpha value is -0.740. The maximum atomic E-state index is 5.37. The van der Waals surface area contributed by atoms with Crippen molar-refractivity contribution in [2.24, 2.45) is 5.41 Å². The molecule has 1 aliphatic rings. The first kappa shape index (κ1) is 15.6. The summed E-state index contributed by atoms with van der Waals surface area (Å²) in [5, 5.41) is 3.58. The van der Waals surface area contributed by atoms with Crippen LogP contribution in [-0.2, 0) is 6.54 Å². The molecule has 0 bridgehead atoms. The van der Waals surface area contributed by atoms with Crippen LogP contribution < -0.4 is 14.8 Å². The zero-order valence-corrected chi connectivity index (χ0v) is 14.2. The number of benzene rings is 1. The van der Waals surface area contributed by atoms with E-state index in [0.29, 0.717) is 5.41 Å². The van der Waals surface area contributed by atoms with E-state index in [0.717, 1.165) is 29.1 Å². The number of methoxy groups -OCH3 is 2. The lowest BCUT2D eigenvalue weighted by Gasteiger charge is -2.24. The SMILES string of the molecule is COc1cc(CNCC2(C)CCCC2)cc(Br)c1OC. The van der Waals surface area contributed by atoms with E-state index in [1.807, 2.05) is 6.07 Å². The summed E-state index contributed by atoms with van der Waals surface area (Å²) in [5.41, 5.74) is 1.68. The average molecular weight is 342 g/mol. The van der Waals surface area contributed by atoms with E-state index >= 15 is 0 Å². The summed E-state index contributed by atoms with van der Waals surface area (Å²) in [6.07, 6.45) is 5.44. The molecule has 4 heteroatoms. The predicted octanol–water partition coefficient (Wildman–Crippen LogP) is 4.14. The van der Waals surface area contributed by atoms with Crippen LogP contribution in [0.2, 0.25) is 0 Å². The third-order valence-electron chi connectivity index (χ3n) is 4.18. The fourth-order valence-corrected chi connectivity index (χ4v) is 3.64. The van der Waals surface area contributed by atoms with Crippen LogP contribution in [0.25, 0.3) is 0 Å². The zero-order chi connectivity index (χ0) is 14.6. The minimum atomic E-state index is 0.480. The van der Waals surface area contributed by atoms with Gasteiger partial charge in [0.05, 0.1) is 18.7 Å². The van der Waals surface area contributed by atoms with Crippen molar-refractivity contribution in [3.8, 4) is 11.5 Å². The number of hydrogen-bond acceptors (Lipinski definition) is 3. The lowest BCUT2D eigenvalue weighted by molar-refractivity contribution is 0.314. The van der Waals surface area contributed by atoms with Gasteiger partial charge < -0.3 is 14.8 Å². The molecule has 1 aliphatic carbocycles. The Balaban J connectivity index is 1.97. The molecule has 0 spiro atoms. The van der Waals surface area contributed by atoms with E-state index in [4.69, 9.17) is 9.47 Å². The molecule has 1 N–H and O–H groups in total. The molecule has 1 fully saturated rings. The average Bonchev–Trinajstić information content (AvgIpc) is 2.85. The van der Waals surface area contributed by atoms with Gasteiger partial charge in [-0.1, -0.05) is 19.8 Å². The van der Waals surface area contributed by atoms with Gasteiger partial charge in [-0.15, -0.1) is 0 Å². The molecule has 0 saturated heterocycles. The maximum absolute atomic E-state index is 5.37. The molecule has 1 aromatic rings. The first-order valence-corrected chi connectivity index (χ1v) is 7.98. The third-order valence-corrected chi connectivity index (χ3v) is 4.77. The first-order chi connectivity index (χ1) is 9.58. The Morgan fingerprint density at radius 2 is 1.90 bits per heavy atom. The van der Waals surface area contributed by atoms with Crippen molar-refractivity contribution < 1.29 is 9.47 Å². The Morgan fingerprint density at radius 3 is 2.50 bits per heavy atom. The van der Waals surface area contributed by atoms with Gasteiger partial charge in [0.1, 0.15) is 0 Å². The smallest absolute Gasteiger partial charge is 0.174 e. The second kappa shape index (κ2) is 6.81. The highest BCUT2D eigenvalue weighted by molar-refractivity contribution is 9.10. The number of rotatable bonds is 6. The summed E-state index contributed by atoms with van der Waals surface area (Å²) in [5.74, 6) is 1.52. The highest BCUT2D eigenvalue weighted by Crippen LogP contribution is 2.38. The Labute approximate surface area is 130 Å². The summed E-state index contributed by atoms with van der Waals surface area (Å²) in [7, 11) is 3.32. The summed E-state index contributed by atoms with van der Waals surface area (Å²) >= 11 is 3.53. The lowest BCUT2D eigenvalue weighted by atomic mass is 9.89. The van der Waals surface area contributed by atoms with Gasteiger partial charge in [-0.05, 0) is 51.9 Å². The van der Waals surface area contributed by atoms with Crippen molar-refractivity contribution in [2.45, 2.75) is 39.2 Å². The maximum Gasteiger partial charge on any atom is 0.174 e. The molecule has 0 amide bonds. The van der Waals surface area contributed by atoms with Crippen LogP contribution in [0.3, 0.4) is 0 Å². The van der Waals surface area contributed by atoms with Crippen molar-refractivity contribution in [1.29, 1.82) is 0 Å². The monoisotopic (exact) mass is 341 g/mol. The van der Waals surface area contributed by atoms with E-state index in [1.54, 1.807) is 14.2 Å². The van der Waals surface area contributed by atoms with Gasteiger partial charge in [0, 0.05) is 13.1 Å². The van der Waals surface area contributed by atoms with Crippen LogP contribution in [0.1, 0.15) is 38.2 Å². The highest BCUT2D eigenvalue weighted by Gasteiger charge is 2.27. The molecule has 20 heavy (non-hydrogen) atoms. The van der Waals surface area contributed by atoms with E-state index < -0.39 is 0 Å². The Kier molecular flexibility index (Phi) is 5.33. The number of halogens is 1. The second-order valence-corrected chi connectivity index (χ2v) is 6.79. The van der Waals surface area contributed by atoms with Crippen molar-refractivity contribution >= 4 is 15.9 Å². The molecule has 112 valence electrons. The molecule has 3 nitrogen and oxygen atoms in total. The first-order valence-electron chi connectivity index (χ1n) is 7.19. The minimum Gasteiger partial charge on any atom is -0.493 e. The van der Waals surface area contributed by atoms with Gasteiger partial charge >= 0.3 is 0 Å². The molecule has 0 radical (unpaired) electrons. The molecule has 0 unspecified atom stereocenters. The summed E-state index contributed by atoms with van der Waals surface area (Å²) in [6, 6.07) is 4.12. The topological polar surface area (TPSA) is 30.5 Å². The van der Waals surface area contributed by atoms with Crippen molar-refractivity contribution in [3.63, 3.8) is 0 Å². The fourth-order valence-electron chi connectivity index (χ4n) is 2.99. The van der Waals surface area contributed by atoms with Crippen LogP contribution in [0.4, 0.5) is 0 Å². The number of ether oxygens (including phenoxy) is 2. The van der Waals surface area contributed by atoms with Gasteiger partial charge in [-0.25, -0.2) is 0 Å². The van der Waals surface area contributed by atoms with E-state index in [9.17, 15) is 0 Å². The van der Waals surface area contributed by atoms with Crippen LogP contribution in [0, 0.1) is 5.41 Å². The molecule has 0 aliphatic heterocycles. The Morgan fingerprint density at radius 1 is 1.20 bits per heavy atom. The second-order valence-electron chi connectivity index (χ2n) is 5.93. The van der Waals surface area contributed by atoms with Crippen LogP contribution in [0.5, 0.6) is 11.5 Å². The molecule has 0 aromatic heterocycles. The molecule has 0 atom stereocenters. The third kappa shape index (κ3) is 3.67. The molecule has 1 aromatic carbocycles. The predicted molar refractivity (Wildman–Crippen MR) is 85.5 cm³/mol. The molecule has 0 heterocycles. The lowest BCUT2D eigenvalue weighted by Crippen LogP contribution is -2.29. The largest absolute Gasteiger partial charge is 0.493 e. The standard InChI is InChI=1S/C16H24BrNO2/c1-16(6-4-5-7-16)11-18-10-12-8-13(17)15(20-3)14(9-12)19-2/h8-9,18H,4-7,10-11H2,1-3H3. The number of nitrogens with one attached hydrogen (secondary N) is 1. The van der Waals surface area contributed by atoms with Crippen LogP contribution in [-0.4, -0.2) is 20.8 Å². The highest BCUT2D eigenvalue weighted by atomic mass is 79.9. The quantitative estimate of drug-likeness (QED) is 0.843. The van der Waals surface area contributed by atoms with Crippen LogP contribution >= 0.6 is 15.9 Å². The van der Waals surface area contributed by atoms with E-state index in [-0.39, 0.29) is 0 Å². The minimum absolute atomic E-state index is 0.480. The number of hydrogen-bond donors (Lipinski definition) is 1.